The van der Waals surface area contributed by atoms with E-state index in [1.54, 1.807) is 6.07 Å². The van der Waals surface area contributed by atoms with Gasteiger partial charge in [-0.1, -0.05) is 6.07 Å². The van der Waals surface area contributed by atoms with Gasteiger partial charge in [0, 0.05) is 4.90 Å². The number of amides is 1. The van der Waals surface area contributed by atoms with Crippen LogP contribution in [0.3, 0.4) is 0 Å². The molecule has 0 atom stereocenters. The zero-order chi connectivity index (χ0) is 14.7. The summed E-state index contributed by atoms with van der Waals surface area (Å²) < 4.78 is 0. The molecule has 0 fully saturated rings. The molecular formula is C16H14N2OS2. The van der Waals surface area contributed by atoms with Crippen molar-refractivity contribution in [2.75, 3.05) is 11.1 Å². The van der Waals surface area contributed by atoms with E-state index >= 15 is 0 Å². The lowest BCUT2D eigenvalue weighted by Crippen LogP contribution is -2.13. The van der Waals surface area contributed by atoms with Crippen molar-refractivity contribution in [3.05, 3.63) is 46.3 Å². The zero-order valence-corrected chi connectivity index (χ0v) is 13.0. The van der Waals surface area contributed by atoms with Crippen LogP contribution in [0, 0.1) is 11.3 Å². The number of fused-ring (bicyclic) bond motifs is 1. The number of benzene rings is 1. The molecule has 3 rings (SSSR count). The van der Waals surface area contributed by atoms with Crippen LogP contribution < -0.4 is 5.32 Å². The topological polar surface area (TPSA) is 52.9 Å². The number of nitrogens with one attached hydrogen (secondary N) is 1. The quantitative estimate of drug-likeness (QED) is 0.872. The number of aryl methyl sites for hydroxylation is 2. The van der Waals surface area contributed by atoms with E-state index in [1.165, 1.54) is 47.1 Å². The fourth-order valence-electron chi connectivity index (χ4n) is 2.44. The van der Waals surface area contributed by atoms with Gasteiger partial charge in [-0.15, -0.1) is 23.1 Å². The van der Waals surface area contributed by atoms with Crippen LogP contribution in [0.25, 0.3) is 0 Å². The number of thioether (sulfide) groups is 1. The van der Waals surface area contributed by atoms with Crippen LogP contribution >= 0.6 is 23.1 Å². The number of anilines is 1. The highest BCUT2D eigenvalue weighted by Crippen LogP contribution is 2.28. The summed E-state index contributed by atoms with van der Waals surface area (Å²) in [6.07, 6.45) is 3.56. The molecule has 0 bridgehead atoms. The number of nitriles is 1. The number of thiophene rings is 1. The lowest BCUT2D eigenvalue weighted by atomic mass is 10.1. The van der Waals surface area contributed by atoms with E-state index < -0.39 is 0 Å². The van der Waals surface area contributed by atoms with Gasteiger partial charge in [-0.05, 0) is 54.0 Å². The predicted octanol–water partition coefficient (Wildman–Crippen LogP) is 3.84. The minimum Gasteiger partial charge on any atom is -0.316 e. The van der Waals surface area contributed by atoms with Crippen molar-refractivity contribution < 1.29 is 4.79 Å². The molecule has 0 unspecified atom stereocenters. The molecule has 1 aliphatic rings. The molecule has 2 aromatic rings. The minimum atomic E-state index is -0.0700. The van der Waals surface area contributed by atoms with E-state index in [2.05, 4.69) is 29.6 Å². The monoisotopic (exact) mass is 314 g/mol. The molecule has 1 N–H and O–H groups in total. The maximum atomic E-state index is 12.0. The SMILES string of the molecule is N#Cc1ccsc1NC(=O)CSc1ccc2c(c1)CCC2. The maximum absolute atomic E-state index is 12.0. The van der Waals surface area contributed by atoms with Crippen LogP contribution in [0.1, 0.15) is 23.1 Å². The van der Waals surface area contributed by atoms with Crippen LogP contribution in [0.4, 0.5) is 5.00 Å². The molecule has 1 heterocycles. The molecular weight excluding hydrogens is 300 g/mol. The van der Waals surface area contributed by atoms with Crippen LogP contribution in [-0.4, -0.2) is 11.7 Å². The minimum absolute atomic E-state index is 0.0700. The molecule has 0 radical (unpaired) electrons. The number of carbonyl (C=O) groups is 1. The Morgan fingerprint density at radius 2 is 2.19 bits per heavy atom. The fourth-order valence-corrected chi connectivity index (χ4v) is 3.96. The van der Waals surface area contributed by atoms with Crippen molar-refractivity contribution >= 4 is 34.0 Å². The van der Waals surface area contributed by atoms with Gasteiger partial charge in [0.25, 0.3) is 0 Å². The molecule has 0 spiro atoms. The van der Waals surface area contributed by atoms with Crippen molar-refractivity contribution in [2.24, 2.45) is 0 Å². The van der Waals surface area contributed by atoms with Gasteiger partial charge >= 0.3 is 0 Å². The average molecular weight is 314 g/mol. The highest BCUT2D eigenvalue weighted by molar-refractivity contribution is 8.00. The average Bonchev–Trinajstić information content (AvgIpc) is 3.12. The number of carbonyl (C=O) groups excluding carboxylic acids is 1. The first-order valence-electron chi connectivity index (χ1n) is 6.78. The number of nitrogens with zero attached hydrogens (tertiary/aromatic N) is 1. The number of hydrogen-bond acceptors (Lipinski definition) is 4. The van der Waals surface area contributed by atoms with Gasteiger partial charge in [0.05, 0.1) is 11.3 Å². The third kappa shape index (κ3) is 3.29. The zero-order valence-electron chi connectivity index (χ0n) is 11.4. The molecule has 0 saturated heterocycles. The Labute approximate surface area is 132 Å². The molecule has 1 aromatic heterocycles. The second kappa shape index (κ2) is 6.33. The maximum Gasteiger partial charge on any atom is 0.235 e. The fraction of sp³-hybridized carbons (Fsp3) is 0.250. The van der Waals surface area contributed by atoms with Crippen molar-refractivity contribution in [3.63, 3.8) is 0 Å². The number of hydrogen-bond donors (Lipinski definition) is 1. The Hall–Kier alpha value is -1.77. The lowest BCUT2D eigenvalue weighted by molar-refractivity contribution is -0.113. The second-order valence-electron chi connectivity index (χ2n) is 4.90. The first-order chi connectivity index (χ1) is 10.3. The largest absolute Gasteiger partial charge is 0.316 e. The molecule has 1 amide bonds. The summed E-state index contributed by atoms with van der Waals surface area (Å²) in [5, 5.41) is 14.2. The predicted molar refractivity (Wildman–Crippen MR) is 86.9 cm³/mol. The first kappa shape index (κ1) is 14.2. The van der Waals surface area contributed by atoms with Gasteiger partial charge in [-0.2, -0.15) is 5.26 Å². The summed E-state index contributed by atoms with van der Waals surface area (Å²) in [7, 11) is 0. The third-order valence-electron chi connectivity index (χ3n) is 3.48. The molecule has 1 aliphatic carbocycles. The third-order valence-corrected chi connectivity index (χ3v) is 5.30. The van der Waals surface area contributed by atoms with Crippen molar-refractivity contribution in [3.8, 4) is 6.07 Å². The lowest BCUT2D eigenvalue weighted by Gasteiger charge is -2.05. The van der Waals surface area contributed by atoms with Gasteiger partial charge in [-0.3, -0.25) is 4.79 Å². The van der Waals surface area contributed by atoms with Crippen molar-refractivity contribution in [1.82, 2.24) is 0 Å². The molecule has 1 aromatic carbocycles. The van der Waals surface area contributed by atoms with E-state index in [4.69, 9.17) is 5.26 Å². The van der Waals surface area contributed by atoms with E-state index in [1.807, 2.05) is 5.38 Å². The summed E-state index contributed by atoms with van der Waals surface area (Å²) in [4.78, 5) is 13.1. The molecule has 0 aliphatic heterocycles. The summed E-state index contributed by atoms with van der Waals surface area (Å²) >= 11 is 2.92. The Morgan fingerprint density at radius 1 is 1.33 bits per heavy atom. The van der Waals surface area contributed by atoms with E-state index in [-0.39, 0.29) is 5.91 Å². The van der Waals surface area contributed by atoms with Crippen LogP contribution in [-0.2, 0) is 17.6 Å². The van der Waals surface area contributed by atoms with E-state index in [0.717, 1.165) is 11.3 Å². The molecule has 3 nitrogen and oxygen atoms in total. The summed E-state index contributed by atoms with van der Waals surface area (Å²) in [5.41, 5.74) is 3.39. The summed E-state index contributed by atoms with van der Waals surface area (Å²) in [6, 6.07) is 10.3. The highest BCUT2D eigenvalue weighted by atomic mass is 32.2. The van der Waals surface area contributed by atoms with Gasteiger partial charge in [0.15, 0.2) is 0 Å². The summed E-state index contributed by atoms with van der Waals surface area (Å²) in [5.74, 6) is 0.293. The van der Waals surface area contributed by atoms with E-state index in [0.29, 0.717) is 16.3 Å². The van der Waals surface area contributed by atoms with Crippen molar-refractivity contribution in [2.45, 2.75) is 24.2 Å². The standard InChI is InChI=1S/C16H14N2OS2/c17-9-13-6-7-20-16(13)18-15(19)10-21-14-5-4-11-2-1-3-12(11)8-14/h4-8H,1-3,10H2,(H,18,19). The molecule has 106 valence electrons. The molecule has 21 heavy (non-hydrogen) atoms. The van der Waals surface area contributed by atoms with E-state index in [9.17, 15) is 4.79 Å². The molecule has 0 saturated carbocycles. The normalized spacial score (nSPS) is 12.7. The van der Waals surface area contributed by atoms with Crippen LogP contribution in [0.5, 0.6) is 0 Å². The van der Waals surface area contributed by atoms with Crippen LogP contribution in [0.15, 0.2) is 34.5 Å². The Morgan fingerprint density at radius 3 is 3.05 bits per heavy atom. The Bertz CT molecular complexity index is 715. The second-order valence-corrected chi connectivity index (χ2v) is 6.86. The summed E-state index contributed by atoms with van der Waals surface area (Å²) in [6.45, 7) is 0. The molecule has 5 heteroatoms. The highest BCUT2D eigenvalue weighted by Gasteiger charge is 2.12. The Balaban J connectivity index is 1.58. The van der Waals surface area contributed by atoms with Crippen molar-refractivity contribution in [1.29, 1.82) is 5.26 Å². The van der Waals surface area contributed by atoms with Gasteiger partial charge < -0.3 is 5.32 Å². The van der Waals surface area contributed by atoms with Gasteiger partial charge in [0.2, 0.25) is 5.91 Å². The van der Waals surface area contributed by atoms with Crippen LogP contribution in [0.2, 0.25) is 0 Å². The Kier molecular flexibility index (Phi) is 4.28. The van der Waals surface area contributed by atoms with Gasteiger partial charge in [0.1, 0.15) is 11.1 Å². The van der Waals surface area contributed by atoms with Gasteiger partial charge in [-0.25, -0.2) is 0 Å². The first-order valence-corrected chi connectivity index (χ1v) is 8.65. The number of rotatable bonds is 4. The smallest absolute Gasteiger partial charge is 0.235 e.